The predicted octanol–water partition coefficient (Wildman–Crippen LogP) is 2.67. The molecule has 15 heavy (non-hydrogen) atoms. The normalized spacial score (nSPS) is 11.7. The van der Waals surface area contributed by atoms with Gasteiger partial charge >= 0.3 is 0 Å². The van der Waals surface area contributed by atoms with Crippen molar-refractivity contribution in [3.8, 4) is 0 Å². The van der Waals surface area contributed by atoms with E-state index < -0.39 is 0 Å². The number of rotatable bonds is 5. The van der Waals surface area contributed by atoms with Gasteiger partial charge < -0.3 is 11.1 Å². The summed E-state index contributed by atoms with van der Waals surface area (Å²) in [5, 5.41) is 3.39. The van der Waals surface area contributed by atoms with E-state index in [0.29, 0.717) is 0 Å². The molecular weight excluding hydrogens is 252 g/mol. The topological polar surface area (TPSA) is 38.0 Å². The Morgan fingerprint density at radius 3 is 2.60 bits per heavy atom. The Labute approximate surface area is 100 Å². The lowest BCUT2D eigenvalue weighted by Gasteiger charge is -2.18. The van der Waals surface area contributed by atoms with E-state index in [1.165, 1.54) is 5.56 Å². The van der Waals surface area contributed by atoms with Crippen LogP contribution in [0.2, 0.25) is 0 Å². The molecule has 0 heterocycles. The minimum Gasteiger partial charge on any atom is -0.326 e. The van der Waals surface area contributed by atoms with Crippen molar-refractivity contribution < 1.29 is 0 Å². The first-order chi connectivity index (χ1) is 6.99. The van der Waals surface area contributed by atoms with E-state index >= 15 is 0 Å². The Morgan fingerprint density at radius 2 is 2.00 bits per heavy atom. The Kier molecular flexibility index (Phi) is 4.77. The molecule has 0 saturated carbocycles. The maximum atomic E-state index is 5.90. The minimum atomic E-state index is -0.0824. The molecule has 0 unspecified atom stereocenters. The average molecular weight is 271 g/mol. The van der Waals surface area contributed by atoms with Crippen molar-refractivity contribution in [1.82, 2.24) is 5.32 Å². The first-order valence-corrected chi connectivity index (χ1v) is 6.01. The summed E-state index contributed by atoms with van der Waals surface area (Å²) < 4.78 is 1.16. The summed E-state index contributed by atoms with van der Waals surface area (Å²) in [6.07, 6.45) is 0.984. The van der Waals surface area contributed by atoms with Gasteiger partial charge in [0.05, 0.1) is 0 Å². The minimum absolute atomic E-state index is 0.0824. The molecular formula is C12H19BrN2. The largest absolute Gasteiger partial charge is 0.326 e. The van der Waals surface area contributed by atoms with Crippen LogP contribution in [0.5, 0.6) is 0 Å². The molecule has 0 atom stereocenters. The molecule has 0 amide bonds. The van der Waals surface area contributed by atoms with Crippen LogP contribution >= 0.6 is 15.9 Å². The van der Waals surface area contributed by atoms with E-state index in [0.717, 1.165) is 24.0 Å². The van der Waals surface area contributed by atoms with Gasteiger partial charge in [-0.05, 0) is 38.4 Å². The van der Waals surface area contributed by atoms with Gasteiger partial charge in [0.15, 0.2) is 0 Å². The molecule has 0 aromatic heterocycles. The third kappa shape index (κ3) is 5.30. The summed E-state index contributed by atoms with van der Waals surface area (Å²) in [4.78, 5) is 0. The molecule has 0 spiro atoms. The molecule has 0 fully saturated rings. The van der Waals surface area contributed by atoms with E-state index in [2.05, 4.69) is 39.4 Å². The monoisotopic (exact) mass is 270 g/mol. The average Bonchev–Trinajstić information content (AvgIpc) is 2.13. The van der Waals surface area contributed by atoms with E-state index in [1.807, 2.05) is 19.9 Å². The van der Waals surface area contributed by atoms with Crippen LogP contribution in [0, 0.1) is 0 Å². The molecule has 0 saturated heterocycles. The smallest absolute Gasteiger partial charge is 0.0220 e. The van der Waals surface area contributed by atoms with Crippen molar-refractivity contribution in [2.45, 2.75) is 32.4 Å². The zero-order valence-electron chi connectivity index (χ0n) is 9.39. The Bertz CT molecular complexity index is 305. The molecule has 0 aliphatic rings. The quantitative estimate of drug-likeness (QED) is 0.808. The number of benzene rings is 1. The second-order valence-electron chi connectivity index (χ2n) is 4.51. The van der Waals surface area contributed by atoms with Crippen molar-refractivity contribution >= 4 is 15.9 Å². The molecule has 1 aromatic rings. The summed E-state index contributed by atoms with van der Waals surface area (Å²) in [7, 11) is 0. The highest BCUT2D eigenvalue weighted by atomic mass is 79.9. The van der Waals surface area contributed by atoms with Gasteiger partial charge in [-0.1, -0.05) is 34.1 Å². The first-order valence-electron chi connectivity index (χ1n) is 5.22. The van der Waals surface area contributed by atoms with Crippen molar-refractivity contribution in [2.75, 3.05) is 6.54 Å². The standard InChI is InChI=1S/C12H19BrN2/c1-12(2,14)7-8-15-9-10-5-3-4-6-11(10)13/h3-6,15H,7-9,14H2,1-2H3. The molecule has 1 rings (SSSR count). The van der Waals surface area contributed by atoms with Gasteiger partial charge in [0.25, 0.3) is 0 Å². The van der Waals surface area contributed by atoms with Gasteiger partial charge in [-0.15, -0.1) is 0 Å². The SMILES string of the molecule is CC(C)(N)CCNCc1ccccc1Br. The van der Waals surface area contributed by atoms with Gasteiger partial charge in [-0.3, -0.25) is 0 Å². The zero-order valence-corrected chi connectivity index (χ0v) is 11.0. The fraction of sp³-hybridized carbons (Fsp3) is 0.500. The lowest BCUT2D eigenvalue weighted by Crippen LogP contribution is -2.35. The van der Waals surface area contributed by atoms with Gasteiger partial charge in [0.1, 0.15) is 0 Å². The number of hydrogen-bond acceptors (Lipinski definition) is 2. The summed E-state index contributed by atoms with van der Waals surface area (Å²) in [5.74, 6) is 0. The number of hydrogen-bond donors (Lipinski definition) is 2. The van der Waals surface area contributed by atoms with Crippen LogP contribution in [-0.2, 0) is 6.54 Å². The molecule has 84 valence electrons. The van der Waals surface area contributed by atoms with E-state index in [4.69, 9.17) is 5.73 Å². The molecule has 0 radical (unpaired) electrons. The van der Waals surface area contributed by atoms with Crippen LogP contribution in [0.1, 0.15) is 25.8 Å². The van der Waals surface area contributed by atoms with Gasteiger partial charge in [0.2, 0.25) is 0 Å². The number of halogens is 1. The van der Waals surface area contributed by atoms with Crippen LogP contribution in [0.15, 0.2) is 28.7 Å². The van der Waals surface area contributed by atoms with Crippen LogP contribution < -0.4 is 11.1 Å². The lowest BCUT2D eigenvalue weighted by molar-refractivity contribution is 0.455. The Morgan fingerprint density at radius 1 is 1.33 bits per heavy atom. The number of nitrogens with one attached hydrogen (secondary N) is 1. The second-order valence-corrected chi connectivity index (χ2v) is 5.36. The van der Waals surface area contributed by atoms with Crippen LogP contribution in [0.25, 0.3) is 0 Å². The lowest BCUT2D eigenvalue weighted by atomic mass is 10.0. The van der Waals surface area contributed by atoms with Crippen molar-refractivity contribution in [1.29, 1.82) is 0 Å². The Hall–Kier alpha value is -0.380. The van der Waals surface area contributed by atoms with E-state index in [1.54, 1.807) is 0 Å². The summed E-state index contributed by atoms with van der Waals surface area (Å²) in [6.45, 7) is 5.93. The van der Waals surface area contributed by atoms with Crippen molar-refractivity contribution in [2.24, 2.45) is 5.73 Å². The highest BCUT2D eigenvalue weighted by Gasteiger charge is 2.09. The van der Waals surface area contributed by atoms with Crippen LogP contribution in [-0.4, -0.2) is 12.1 Å². The Balaban J connectivity index is 2.30. The number of nitrogens with two attached hydrogens (primary N) is 1. The third-order valence-electron chi connectivity index (χ3n) is 2.22. The van der Waals surface area contributed by atoms with Gasteiger partial charge in [-0.25, -0.2) is 0 Å². The molecule has 1 aromatic carbocycles. The van der Waals surface area contributed by atoms with E-state index in [-0.39, 0.29) is 5.54 Å². The highest BCUT2D eigenvalue weighted by Crippen LogP contribution is 2.15. The summed E-state index contributed by atoms with van der Waals surface area (Å²) in [6, 6.07) is 8.25. The predicted molar refractivity (Wildman–Crippen MR) is 68.7 cm³/mol. The molecule has 0 aliphatic heterocycles. The van der Waals surface area contributed by atoms with Crippen molar-refractivity contribution in [3.05, 3.63) is 34.3 Å². The highest BCUT2D eigenvalue weighted by molar-refractivity contribution is 9.10. The summed E-state index contributed by atoms with van der Waals surface area (Å²) >= 11 is 3.52. The molecule has 0 bridgehead atoms. The summed E-state index contributed by atoms with van der Waals surface area (Å²) in [5.41, 5.74) is 7.10. The molecule has 3 N–H and O–H groups in total. The fourth-order valence-corrected chi connectivity index (χ4v) is 1.70. The molecule has 0 aliphatic carbocycles. The molecule has 3 heteroatoms. The molecule has 2 nitrogen and oxygen atoms in total. The maximum Gasteiger partial charge on any atom is 0.0220 e. The van der Waals surface area contributed by atoms with Crippen LogP contribution in [0.4, 0.5) is 0 Å². The van der Waals surface area contributed by atoms with E-state index in [9.17, 15) is 0 Å². The zero-order chi connectivity index (χ0) is 11.3. The third-order valence-corrected chi connectivity index (χ3v) is 2.99. The first kappa shape index (κ1) is 12.7. The van der Waals surface area contributed by atoms with Crippen LogP contribution in [0.3, 0.4) is 0 Å². The fourth-order valence-electron chi connectivity index (χ4n) is 1.28. The van der Waals surface area contributed by atoms with Gasteiger partial charge in [0, 0.05) is 16.6 Å². The van der Waals surface area contributed by atoms with Crippen molar-refractivity contribution in [3.63, 3.8) is 0 Å². The maximum absolute atomic E-state index is 5.90. The second kappa shape index (κ2) is 5.64. The van der Waals surface area contributed by atoms with Gasteiger partial charge in [-0.2, -0.15) is 0 Å².